The summed E-state index contributed by atoms with van der Waals surface area (Å²) in [6.07, 6.45) is 9.82. The van der Waals surface area contributed by atoms with E-state index in [2.05, 4.69) is 9.47 Å². The molecule has 6 heteroatoms. The summed E-state index contributed by atoms with van der Waals surface area (Å²) >= 11 is 0. The number of ether oxygens (including phenoxy) is 2. The van der Waals surface area contributed by atoms with Gasteiger partial charge in [0.25, 0.3) is 0 Å². The predicted molar refractivity (Wildman–Crippen MR) is 73.0 cm³/mol. The van der Waals surface area contributed by atoms with Gasteiger partial charge in [-0.1, -0.05) is 18.2 Å². The summed E-state index contributed by atoms with van der Waals surface area (Å²) in [7, 11) is 0. The van der Waals surface area contributed by atoms with Crippen LogP contribution in [0.2, 0.25) is 0 Å². The molecule has 0 aromatic carbocycles. The molecule has 0 saturated carbocycles. The Morgan fingerprint density at radius 3 is 2.45 bits per heavy atom. The van der Waals surface area contributed by atoms with Crippen LogP contribution in [0, 0.1) is 17.8 Å². The number of allylic oxidation sites excluding steroid dienone is 2. The number of hydrogen-bond acceptors (Lipinski definition) is 6. The van der Waals surface area contributed by atoms with Crippen LogP contribution in [0.1, 0.15) is 32.1 Å². The van der Waals surface area contributed by atoms with Crippen molar-refractivity contribution in [3.05, 3.63) is 23.8 Å². The van der Waals surface area contributed by atoms with Crippen LogP contribution in [0.25, 0.3) is 0 Å². The highest BCUT2D eigenvalue weighted by Gasteiger charge is 2.43. The zero-order chi connectivity index (χ0) is 15.7. The number of fused-ring (bicyclic) bond motifs is 2. The highest BCUT2D eigenvalue weighted by molar-refractivity contribution is 6.07. The highest BCUT2D eigenvalue weighted by atomic mass is 16.6. The zero-order valence-electron chi connectivity index (χ0n) is 11.9. The molecule has 0 aromatic rings. The fourth-order valence-corrected chi connectivity index (χ4v) is 3.15. The molecule has 0 bridgehead atoms. The van der Waals surface area contributed by atoms with Crippen molar-refractivity contribution in [2.75, 3.05) is 0 Å². The van der Waals surface area contributed by atoms with E-state index in [9.17, 15) is 19.2 Å². The summed E-state index contributed by atoms with van der Waals surface area (Å²) in [4.78, 5) is 43.7. The third kappa shape index (κ3) is 2.61. The number of rotatable bonds is 0. The number of carbonyl (C=O) groups is 4. The number of esters is 4. The van der Waals surface area contributed by atoms with E-state index in [-0.39, 0.29) is 35.7 Å². The predicted octanol–water partition coefficient (Wildman–Crippen LogP) is 1.45. The molecule has 4 aliphatic rings. The average Bonchev–Trinajstić information content (AvgIpc) is 2.99. The molecule has 0 N–H and O–H groups in total. The van der Waals surface area contributed by atoms with Crippen LogP contribution in [-0.2, 0) is 28.7 Å². The molecule has 2 saturated heterocycles. The lowest BCUT2D eigenvalue weighted by Crippen LogP contribution is -2.17. The summed E-state index contributed by atoms with van der Waals surface area (Å²) in [6, 6.07) is 0. The van der Waals surface area contributed by atoms with Gasteiger partial charge in [-0.2, -0.15) is 0 Å². The lowest BCUT2D eigenvalue weighted by atomic mass is 9.86. The summed E-state index contributed by atoms with van der Waals surface area (Å²) < 4.78 is 8.94. The van der Waals surface area contributed by atoms with Gasteiger partial charge in [0.1, 0.15) is 0 Å². The van der Waals surface area contributed by atoms with Crippen LogP contribution in [-0.4, -0.2) is 23.9 Å². The van der Waals surface area contributed by atoms with Gasteiger partial charge in [-0.25, -0.2) is 4.79 Å². The molecule has 4 rings (SSSR count). The van der Waals surface area contributed by atoms with Crippen molar-refractivity contribution < 1.29 is 28.7 Å². The van der Waals surface area contributed by atoms with Crippen molar-refractivity contribution in [1.82, 2.24) is 0 Å². The van der Waals surface area contributed by atoms with Gasteiger partial charge in [-0.3, -0.25) is 14.4 Å². The van der Waals surface area contributed by atoms with Gasteiger partial charge in [-0.05, 0) is 32.1 Å². The van der Waals surface area contributed by atoms with Crippen LogP contribution in [0.3, 0.4) is 0 Å². The number of hydrogen-bond donors (Lipinski definition) is 0. The van der Waals surface area contributed by atoms with E-state index in [1.807, 2.05) is 12.2 Å². The Bertz CT molecular complexity index is 594. The zero-order valence-corrected chi connectivity index (χ0v) is 11.9. The van der Waals surface area contributed by atoms with Crippen molar-refractivity contribution in [2.45, 2.75) is 32.1 Å². The molecular weight excluding hydrogens is 288 g/mol. The summed E-state index contributed by atoms with van der Waals surface area (Å²) in [5.74, 6) is -2.22. The Labute approximate surface area is 127 Å². The van der Waals surface area contributed by atoms with Crippen molar-refractivity contribution in [3.8, 4) is 0 Å². The van der Waals surface area contributed by atoms with Crippen LogP contribution >= 0.6 is 0 Å². The molecule has 6 nitrogen and oxygen atoms in total. The van der Waals surface area contributed by atoms with Crippen LogP contribution in [0.15, 0.2) is 23.8 Å². The first-order valence-corrected chi connectivity index (χ1v) is 7.46. The van der Waals surface area contributed by atoms with Gasteiger partial charge < -0.3 is 9.47 Å². The third-order valence-corrected chi connectivity index (χ3v) is 4.35. The maximum atomic E-state index is 10.9. The van der Waals surface area contributed by atoms with Gasteiger partial charge in [0.05, 0.1) is 17.8 Å². The number of cyclic esters (lactones) is 4. The summed E-state index contributed by atoms with van der Waals surface area (Å²) in [5, 5.41) is 0. The van der Waals surface area contributed by atoms with Gasteiger partial charge in [0.2, 0.25) is 0 Å². The Kier molecular flexibility index (Phi) is 3.92. The van der Waals surface area contributed by atoms with E-state index < -0.39 is 5.97 Å². The van der Waals surface area contributed by atoms with Crippen molar-refractivity contribution in [2.24, 2.45) is 17.8 Å². The SMILES string of the molecule is O=C1OC(=O)C2CCC=CC12.O=C1OC(=O)C2CCCC=C12. The monoisotopic (exact) mass is 304 g/mol. The second-order valence-corrected chi connectivity index (χ2v) is 5.73. The molecular formula is C16H16O6. The lowest BCUT2D eigenvalue weighted by Gasteiger charge is -2.12. The first-order chi connectivity index (χ1) is 10.6. The van der Waals surface area contributed by atoms with Crippen LogP contribution in [0.4, 0.5) is 0 Å². The molecule has 22 heavy (non-hydrogen) atoms. The Morgan fingerprint density at radius 2 is 1.73 bits per heavy atom. The first-order valence-electron chi connectivity index (χ1n) is 7.46. The summed E-state index contributed by atoms with van der Waals surface area (Å²) in [5.41, 5.74) is 0.584. The molecule has 3 atom stereocenters. The van der Waals surface area contributed by atoms with Crippen molar-refractivity contribution >= 4 is 23.9 Å². The van der Waals surface area contributed by atoms with E-state index in [0.717, 1.165) is 32.1 Å². The van der Waals surface area contributed by atoms with E-state index in [0.29, 0.717) is 5.57 Å². The Morgan fingerprint density at radius 1 is 0.909 bits per heavy atom. The molecule has 2 fully saturated rings. The topological polar surface area (TPSA) is 86.7 Å². The second kappa shape index (κ2) is 5.87. The number of carbonyl (C=O) groups excluding carboxylic acids is 4. The third-order valence-electron chi connectivity index (χ3n) is 4.35. The Hall–Kier alpha value is -2.24. The smallest absolute Gasteiger partial charge is 0.342 e. The molecule has 0 radical (unpaired) electrons. The van der Waals surface area contributed by atoms with E-state index in [1.54, 1.807) is 6.08 Å². The van der Waals surface area contributed by atoms with Crippen molar-refractivity contribution in [1.29, 1.82) is 0 Å². The minimum Gasteiger partial charge on any atom is -0.392 e. The molecule has 3 unspecified atom stereocenters. The average molecular weight is 304 g/mol. The quantitative estimate of drug-likeness (QED) is 0.382. The maximum Gasteiger partial charge on any atom is 0.342 e. The standard InChI is InChI=1S/2C8H8O3/c2*9-7-5-3-1-2-4-6(5)8(10)11-7/h3,6H,1-2,4H2;1,3,5-6H,2,4H2. The minimum atomic E-state index is -0.431. The normalized spacial score (nSPS) is 32.4. The minimum absolute atomic E-state index is 0.188. The van der Waals surface area contributed by atoms with Gasteiger partial charge in [0.15, 0.2) is 0 Å². The molecule has 0 spiro atoms. The lowest BCUT2D eigenvalue weighted by molar-refractivity contribution is -0.154. The van der Waals surface area contributed by atoms with E-state index in [1.165, 1.54) is 0 Å². The molecule has 116 valence electrons. The highest BCUT2D eigenvalue weighted by Crippen LogP contribution is 2.32. The largest absolute Gasteiger partial charge is 0.392 e. The first kappa shape index (κ1) is 14.7. The molecule has 2 heterocycles. The molecule has 2 aliphatic heterocycles. The molecule has 2 aliphatic carbocycles. The maximum absolute atomic E-state index is 10.9. The van der Waals surface area contributed by atoms with Crippen molar-refractivity contribution in [3.63, 3.8) is 0 Å². The second-order valence-electron chi connectivity index (χ2n) is 5.73. The van der Waals surface area contributed by atoms with Gasteiger partial charge in [0, 0.05) is 5.57 Å². The fraction of sp³-hybridized carbons (Fsp3) is 0.500. The van der Waals surface area contributed by atoms with Crippen LogP contribution < -0.4 is 0 Å². The summed E-state index contributed by atoms with van der Waals surface area (Å²) in [6.45, 7) is 0. The molecule has 0 amide bonds. The van der Waals surface area contributed by atoms with Crippen LogP contribution in [0.5, 0.6) is 0 Å². The Balaban J connectivity index is 0.000000131. The van der Waals surface area contributed by atoms with E-state index in [4.69, 9.17) is 0 Å². The van der Waals surface area contributed by atoms with E-state index >= 15 is 0 Å². The van der Waals surface area contributed by atoms with Gasteiger partial charge in [-0.15, -0.1) is 0 Å². The molecule has 0 aromatic heterocycles. The van der Waals surface area contributed by atoms with Gasteiger partial charge >= 0.3 is 23.9 Å². The fourth-order valence-electron chi connectivity index (χ4n) is 3.15.